The minimum absolute atomic E-state index is 0.134. The summed E-state index contributed by atoms with van der Waals surface area (Å²) in [6.45, 7) is 0.261. The maximum absolute atomic E-state index is 14.9. The lowest BCUT2D eigenvalue weighted by Crippen LogP contribution is -2.27. The van der Waals surface area contributed by atoms with Crippen molar-refractivity contribution in [3.8, 4) is 27.5 Å². The van der Waals surface area contributed by atoms with E-state index in [4.69, 9.17) is 15.8 Å². The second-order valence-corrected chi connectivity index (χ2v) is 9.44. The molecule has 3 N–H and O–H groups in total. The number of aryl methyl sites for hydroxylation is 1. The Bertz CT molecular complexity index is 1360. The number of anilines is 2. The van der Waals surface area contributed by atoms with Crippen LogP contribution in [-0.2, 0) is 17.6 Å². The number of aromatic nitrogens is 4. The average molecular weight is 478 g/mol. The van der Waals surface area contributed by atoms with Crippen LogP contribution in [0.3, 0.4) is 0 Å². The number of rotatable bonds is 5. The third-order valence-electron chi connectivity index (χ3n) is 5.58. The van der Waals surface area contributed by atoms with Crippen LogP contribution >= 0.6 is 11.3 Å². The number of likely N-dealkylation sites (N-methyl/N-ethyl adjacent to an activating group) is 1. The SMILES string of the molecule is CN(C)CC(=O)Nc1nc2c(s1)-c1c(c(-c3ccc(N)nc3)nn1-c1ccccc1F)CCC2. The Morgan fingerprint density at radius 2 is 2.06 bits per heavy atom. The number of hydrogen-bond acceptors (Lipinski definition) is 7. The number of nitrogens with two attached hydrogens (primary N) is 1. The van der Waals surface area contributed by atoms with Crippen LogP contribution in [0.1, 0.15) is 17.7 Å². The van der Waals surface area contributed by atoms with Crippen molar-refractivity contribution in [2.45, 2.75) is 19.3 Å². The number of fused-ring (bicyclic) bond motifs is 3. The summed E-state index contributed by atoms with van der Waals surface area (Å²) >= 11 is 1.39. The number of pyridine rings is 1. The molecule has 0 saturated heterocycles. The number of amides is 1. The fraction of sp³-hybridized carbons (Fsp3) is 0.250. The number of halogens is 1. The average Bonchev–Trinajstić information content (AvgIpc) is 3.30. The second kappa shape index (κ2) is 8.96. The zero-order chi connectivity index (χ0) is 23.8. The van der Waals surface area contributed by atoms with E-state index in [-0.39, 0.29) is 18.3 Å². The first-order chi connectivity index (χ1) is 16.4. The Hall–Kier alpha value is -3.63. The van der Waals surface area contributed by atoms with Gasteiger partial charge in [-0.3, -0.25) is 4.79 Å². The van der Waals surface area contributed by atoms with Gasteiger partial charge < -0.3 is 16.0 Å². The van der Waals surface area contributed by atoms with Crippen molar-refractivity contribution in [2.75, 3.05) is 31.7 Å². The highest BCUT2D eigenvalue weighted by Gasteiger charge is 2.29. The molecule has 10 heteroatoms. The topological polar surface area (TPSA) is 102 Å². The van der Waals surface area contributed by atoms with Crippen LogP contribution in [0.5, 0.6) is 0 Å². The summed E-state index contributed by atoms with van der Waals surface area (Å²) in [7, 11) is 3.67. The first-order valence-corrected chi connectivity index (χ1v) is 11.8. The van der Waals surface area contributed by atoms with E-state index < -0.39 is 0 Å². The van der Waals surface area contributed by atoms with Crippen molar-refractivity contribution < 1.29 is 9.18 Å². The Balaban J connectivity index is 1.68. The van der Waals surface area contributed by atoms with Gasteiger partial charge in [0.2, 0.25) is 5.91 Å². The molecule has 0 spiro atoms. The first-order valence-electron chi connectivity index (χ1n) is 10.9. The van der Waals surface area contributed by atoms with E-state index in [0.29, 0.717) is 16.6 Å². The molecule has 174 valence electrons. The number of nitrogens with one attached hydrogen (secondary N) is 1. The van der Waals surface area contributed by atoms with Crippen molar-refractivity contribution in [3.05, 3.63) is 59.7 Å². The Morgan fingerprint density at radius 1 is 1.24 bits per heavy atom. The zero-order valence-corrected chi connectivity index (χ0v) is 19.7. The van der Waals surface area contributed by atoms with Crippen molar-refractivity contribution in [1.29, 1.82) is 0 Å². The molecule has 3 heterocycles. The summed E-state index contributed by atoms with van der Waals surface area (Å²) in [5.41, 5.74) is 10.4. The molecule has 0 atom stereocenters. The maximum atomic E-state index is 14.9. The molecule has 0 unspecified atom stereocenters. The molecule has 1 aliphatic rings. The molecule has 4 aromatic rings. The predicted molar refractivity (Wildman–Crippen MR) is 131 cm³/mol. The van der Waals surface area contributed by atoms with Gasteiger partial charge in [0.15, 0.2) is 5.13 Å². The van der Waals surface area contributed by atoms with E-state index in [1.807, 2.05) is 20.2 Å². The van der Waals surface area contributed by atoms with Crippen LogP contribution in [-0.4, -0.2) is 51.2 Å². The van der Waals surface area contributed by atoms with Crippen LogP contribution in [0, 0.1) is 5.82 Å². The molecular formula is C24H24FN7OS. The van der Waals surface area contributed by atoms with Crippen LogP contribution < -0.4 is 11.1 Å². The molecule has 0 fully saturated rings. The molecule has 1 amide bonds. The summed E-state index contributed by atoms with van der Waals surface area (Å²) in [6, 6.07) is 10.2. The lowest BCUT2D eigenvalue weighted by molar-refractivity contribution is -0.116. The number of nitrogen functional groups attached to an aromatic ring is 1. The maximum Gasteiger partial charge on any atom is 0.240 e. The normalized spacial score (nSPS) is 12.8. The first kappa shape index (κ1) is 22.2. The molecule has 0 saturated carbocycles. The number of benzene rings is 1. The molecule has 3 aromatic heterocycles. The zero-order valence-electron chi connectivity index (χ0n) is 18.9. The van der Waals surface area contributed by atoms with Crippen LogP contribution in [0.25, 0.3) is 27.5 Å². The lowest BCUT2D eigenvalue weighted by Gasteiger charge is -2.09. The third kappa shape index (κ3) is 4.17. The molecule has 0 bridgehead atoms. The number of carbonyl (C=O) groups excluding carboxylic acids is 1. The van der Waals surface area contributed by atoms with E-state index in [9.17, 15) is 9.18 Å². The number of para-hydroxylation sites is 1. The molecule has 5 rings (SSSR count). The highest BCUT2D eigenvalue weighted by molar-refractivity contribution is 7.19. The van der Waals surface area contributed by atoms with Gasteiger partial charge in [0.25, 0.3) is 0 Å². The molecular weight excluding hydrogens is 453 g/mol. The largest absolute Gasteiger partial charge is 0.384 e. The lowest BCUT2D eigenvalue weighted by atomic mass is 10.0. The van der Waals surface area contributed by atoms with Gasteiger partial charge in [-0.1, -0.05) is 23.5 Å². The van der Waals surface area contributed by atoms with E-state index in [1.54, 1.807) is 40.0 Å². The van der Waals surface area contributed by atoms with Crippen LogP contribution in [0.2, 0.25) is 0 Å². The molecule has 0 radical (unpaired) electrons. The van der Waals surface area contributed by atoms with Crippen LogP contribution in [0.4, 0.5) is 15.3 Å². The number of nitrogens with zero attached hydrogens (tertiary/aromatic N) is 5. The number of thiazole rings is 1. The van der Waals surface area contributed by atoms with Gasteiger partial charge in [-0.15, -0.1) is 0 Å². The Labute approximate surface area is 200 Å². The van der Waals surface area contributed by atoms with E-state index in [1.165, 1.54) is 17.4 Å². The quantitative estimate of drug-likeness (QED) is 0.454. The third-order valence-corrected chi connectivity index (χ3v) is 6.60. The van der Waals surface area contributed by atoms with Gasteiger partial charge >= 0.3 is 0 Å². The summed E-state index contributed by atoms with van der Waals surface area (Å²) in [6.07, 6.45) is 4.05. The van der Waals surface area contributed by atoms with E-state index in [2.05, 4.69) is 10.3 Å². The van der Waals surface area contributed by atoms with Gasteiger partial charge in [-0.25, -0.2) is 19.0 Å². The van der Waals surface area contributed by atoms with Gasteiger partial charge in [0, 0.05) is 17.3 Å². The van der Waals surface area contributed by atoms with Crippen molar-refractivity contribution in [2.24, 2.45) is 0 Å². The monoisotopic (exact) mass is 477 g/mol. The number of hydrogen-bond donors (Lipinski definition) is 2. The van der Waals surface area contributed by atoms with Crippen molar-refractivity contribution in [1.82, 2.24) is 24.6 Å². The van der Waals surface area contributed by atoms with Gasteiger partial charge in [0.05, 0.1) is 28.5 Å². The highest BCUT2D eigenvalue weighted by atomic mass is 32.1. The minimum atomic E-state index is -0.371. The minimum Gasteiger partial charge on any atom is -0.384 e. The fourth-order valence-electron chi connectivity index (χ4n) is 4.13. The van der Waals surface area contributed by atoms with E-state index in [0.717, 1.165) is 52.3 Å². The van der Waals surface area contributed by atoms with Crippen molar-refractivity contribution >= 4 is 28.2 Å². The van der Waals surface area contributed by atoms with Crippen LogP contribution in [0.15, 0.2) is 42.6 Å². The second-order valence-electron chi connectivity index (χ2n) is 8.45. The molecule has 8 nitrogen and oxygen atoms in total. The summed E-state index contributed by atoms with van der Waals surface area (Å²) in [5, 5.41) is 8.28. The summed E-state index contributed by atoms with van der Waals surface area (Å²) in [4.78, 5) is 24.0. The van der Waals surface area contributed by atoms with Gasteiger partial charge in [-0.2, -0.15) is 5.10 Å². The van der Waals surface area contributed by atoms with Crippen molar-refractivity contribution in [3.63, 3.8) is 0 Å². The number of carbonyl (C=O) groups is 1. The molecule has 0 aliphatic heterocycles. The molecule has 34 heavy (non-hydrogen) atoms. The summed E-state index contributed by atoms with van der Waals surface area (Å²) in [5.74, 6) is -0.0822. The Morgan fingerprint density at radius 3 is 2.79 bits per heavy atom. The smallest absolute Gasteiger partial charge is 0.240 e. The fourth-order valence-corrected chi connectivity index (χ4v) is 5.22. The highest BCUT2D eigenvalue weighted by Crippen LogP contribution is 2.43. The predicted octanol–water partition coefficient (Wildman–Crippen LogP) is 3.77. The summed E-state index contributed by atoms with van der Waals surface area (Å²) < 4.78 is 16.6. The molecule has 1 aromatic carbocycles. The van der Waals surface area contributed by atoms with E-state index >= 15 is 0 Å². The molecule has 1 aliphatic carbocycles. The standard InChI is InChI=1S/C24H24FN7OS/c1-31(2)13-20(33)29-24-28-17-8-5-6-15-21(14-10-11-19(26)27-12-14)30-32(22(15)23(17)34-24)18-9-4-3-7-16(18)25/h3-4,7,9-12H,5-6,8,13H2,1-2H3,(H2,26,27)(H,28,29,33). The van der Waals surface area contributed by atoms with Gasteiger partial charge in [0.1, 0.15) is 17.3 Å². The van der Waals surface area contributed by atoms with Gasteiger partial charge in [-0.05, 0) is 57.6 Å². The Kier molecular flexibility index (Phi) is 5.84.